The maximum absolute atomic E-state index is 13.2. The van der Waals surface area contributed by atoms with E-state index in [0.29, 0.717) is 22.8 Å². The number of hydrogen-bond acceptors (Lipinski definition) is 5. The van der Waals surface area contributed by atoms with Crippen LogP contribution < -0.4 is 10.2 Å². The molecule has 1 fully saturated rings. The molecule has 3 heterocycles. The SMILES string of the molecule is Cc1nnc2ccc(-c3cccc(NC(=O)C4CC(=O)N(c5ccc(F)cc5)C4)c3)nn12. The third-order valence-corrected chi connectivity index (χ3v) is 5.48. The predicted octanol–water partition coefficient (Wildman–Crippen LogP) is 3.23. The van der Waals surface area contributed by atoms with Crippen LogP contribution in [-0.2, 0) is 9.59 Å². The molecule has 0 spiro atoms. The van der Waals surface area contributed by atoms with Crippen molar-refractivity contribution in [2.45, 2.75) is 13.3 Å². The number of nitrogens with one attached hydrogen (secondary N) is 1. The smallest absolute Gasteiger partial charge is 0.229 e. The van der Waals surface area contributed by atoms with Crippen LogP contribution in [-0.4, -0.2) is 38.2 Å². The summed E-state index contributed by atoms with van der Waals surface area (Å²) in [5.74, 6) is -0.582. The number of anilines is 2. The van der Waals surface area contributed by atoms with Crippen LogP contribution in [0.15, 0.2) is 60.7 Å². The fourth-order valence-electron chi connectivity index (χ4n) is 3.80. The standard InChI is InChI=1S/C23H19FN6O2/c1-14-26-27-21-10-9-20(28-30(14)21)15-3-2-4-18(11-15)25-23(32)16-12-22(31)29(13-16)19-7-5-17(24)6-8-19/h2-11,16H,12-13H2,1H3,(H,25,32). The van der Waals surface area contributed by atoms with E-state index < -0.39 is 5.92 Å². The van der Waals surface area contributed by atoms with Gasteiger partial charge in [-0.1, -0.05) is 12.1 Å². The monoisotopic (exact) mass is 430 g/mol. The molecule has 4 aromatic rings. The summed E-state index contributed by atoms with van der Waals surface area (Å²) < 4.78 is 14.8. The Hall–Kier alpha value is -4.14. The van der Waals surface area contributed by atoms with Crippen molar-refractivity contribution in [3.63, 3.8) is 0 Å². The van der Waals surface area contributed by atoms with Gasteiger partial charge >= 0.3 is 0 Å². The van der Waals surface area contributed by atoms with E-state index in [-0.39, 0.29) is 30.6 Å². The summed E-state index contributed by atoms with van der Waals surface area (Å²) in [7, 11) is 0. The Morgan fingerprint density at radius 2 is 1.91 bits per heavy atom. The molecule has 1 N–H and O–H groups in total. The molecular weight excluding hydrogens is 411 g/mol. The van der Waals surface area contributed by atoms with Crippen molar-refractivity contribution in [3.8, 4) is 11.3 Å². The molecule has 2 aromatic heterocycles. The third-order valence-electron chi connectivity index (χ3n) is 5.48. The summed E-state index contributed by atoms with van der Waals surface area (Å²) in [5.41, 5.74) is 3.40. The van der Waals surface area contributed by atoms with Gasteiger partial charge in [0.2, 0.25) is 11.8 Å². The summed E-state index contributed by atoms with van der Waals surface area (Å²) in [6.45, 7) is 2.08. The molecule has 160 valence electrons. The van der Waals surface area contributed by atoms with Crippen molar-refractivity contribution < 1.29 is 14.0 Å². The zero-order valence-electron chi connectivity index (χ0n) is 17.2. The molecule has 2 aromatic carbocycles. The van der Waals surface area contributed by atoms with Gasteiger partial charge in [0.05, 0.1) is 11.6 Å². The summed E-state index contributed by atoms with van der Waals surface area (Å²) in [6, 6.07) is 16.7. The molecule has 1 unspecified atom stereocenters. The first kappa shape index (κ1) is 19.8. The van der Waals surface area contributed by atoms with Crippen LogP contribution in [0, 0.1) is 18.7 Å². The highest BCUT2D eigenvalue weighted by Crippen LogP contribution is 2.27. The molecule has 1 aliphatic heterocycles. The Kier molecular flexibility index (Phi) is 4.85. The van der Waals surface area contributed by atoms with Gasteiger partial charge in [0.1, 0.15) is 5.82 Å². The number of nitrogens with zero attached hydrogens (tertiary/aromatic N) is 5. The summed E-state index contributed by atoms with van der Waals surface area (Å²) >= 11 is 0. The first-order valence-electron chi connectivity index (χ1n) is 10.1. The Balaban J connectivity index is 1.32. The number of aryl methyl sites for hydroxylation is 1. The van der Waals surface area contributed by atoms with Crippen LogP contribution in [0.5, 0.6) is 0 Å². The highest BCUT2D eigenvalue weighted by Gasteiger charge is 2.35. The molecule has 2 amide bonds. The molecule has 0 radical (unpaired) electrons. The van der Waals surface area contributed by atoms with Crippen molar-refractivity contribution in [1.29, 1.82) is 0 Å². The topological polar surface area (TPSA) is 92.5 Å². The molecule has 1 saturated heterocycles. The quantitative estimate of drug-likeness (QED) is 0.537. The van der Waals surface area contributed by atoms with E-state index in [1.165, 1.54) is 29.2 Å². The number of rotatable bonds is 4. The average Bonchev–Trinajstić information content (AvgIpc) is 3.37. The maximum atomic E-state index is 13.2. The number of benzene rings is 2. The first-order valence-corrected chi connectivity index (χ1v) is 10.1. The van der Waals surface area contributed by atoms with E-state index in [1.54, 1.807) is 10.6 Å². The maximum Gasteiger partial charge on any atom is 0.229 e. The molecular formula is C23H19FN6O2. The average molecular weight is 430 g/mol. The lowest BCUT2D eigenvalue weighted by molar-refractivity contribution is -0.122. The predicted molar refractivity (Wildman–Crippen MR) is 116 cm³/mol. The van der Waals surface area contributed by atoms with Gasteiger partial charge in [0.25, 0.3) is 0 Å². The second-order valence-corrected chi connectivity index (χ2v) is 7.69. The largest absolute Gasteiger partial charge is 0.326 e. The van der Waals surface area contributed by atoms with Gasteiger partial charge in [0.15, 0.2) is 11.5 Å². The van der Waals surface area contributed by atoms with Crippen LogP contribution in [0.25, 0.3) is 16.9 Å². The number of carbonyl (C=O) groups is 2. The molecule has 8 nitrogen and oxygen atoms in total. The van der Waals surface area contributed by atoms with Gasteiger partial charge in [-0.25, -0.2) is 4.39 Å². The Bertz CT molecular complexity index is 1330. The van der Waals surface area contributed by atoms with Crippen LogP contribution >= 0.6 is 0 Å². The summed E-state index contributed by atoms with van der Waals surface area (Å²) in [5, 5.41) is 15.5. The van der Waals surface area contributed by atoms with Crippen LogP contribution in [0.3, 0.4) is 0 Å². The zero-order chi connectivity index (χ0) is 22.2. The lowest BCUT2D eigenvalue weighted by atomic mass is 10.1. The van der Waals surface area contributed by atoms with E-state index in [9.17, 15) is 14.0 Å². The normalized spacial score (nSPS) is 16.0. The minimum absolute atomic E-state index is 0.105. The lowest BCUT2D eigenvalue weighted by Gasteiger charge is -2.16. The van der Waals surface area contributed by atoms with Crippen molar-refractivity contribution >= 4 is 28.8 Å². The fourth-order valence-corrected chi connectivity index (χ4v) is 3.80. The number of carbonyl (C=O) groups excluding carboxylic acids is 2. The Morgan fingerprint density at radius 1 is 1.09 bits per heavy atom. The molecule has 5 rings (SSSR count). The van der Waals surface area contributed by atoms with E-state index in [0.717, 1.165) is 11.3 Å². The second-order valence-electron chi connectivity index (χ2n) is 7.69. The molecule has 1 atom stereocenters. The van der Waals surface area contributed by atoms with Crippen molar-refractivity contribution in [2.75, 3.05) is 16.8 Å². The van der Waals surface area contributed by atoms with Crippen molar-refractivity contribution in [2.24, 2.45) is 5.92 Å². The zero-order valence-corrected chi connectivity index (χ0v) is 17.2. The minimum Gasteiger partial charge on any atom is -0.326 e. The highest BCUT2D eigenvalue weighted by atomic mass is 19.1. The van der Waals surface area contributed by atoms with Crippen LogP contribution in [0.4, 0.5) is 15.8 Å². The molecule has 9 heteroatoms. The Labute approximate surface area is 182 Å². The summed E-state index contributed by atoms with van der Waals surface area (Å²) in [6.07, 6.45) is 0.105. The molecule has 0 saturated carbocycles. The number of amides is 2. The number of fused-ring (bicyclic) bond motifs is 1. The fraction of sp³-hybridized carbons (Fsp3) is 0.174. The minimum atomic E-state index is -0.495. The molecule has 0 aliphatic carbocycles. The number of halogens is 1. The molecule has 1 aliphatic rings. The van der Waals surface area contributed by atoms with Crippen LogP contribution in [0.2, 0.25) is 0 Å². The van der Waals surface area contributed by atoms with Crippen molar-refractivity contribution in [1.82, 2.24) is 19.8 Å². The molecule has 0 bridgehead atoms. The van der Waals surface area contributed by atoms with Gasteiger partial charge in [-0.3, -0.25) is 9.59 Å². The van der Waals surface area contributed by atoms with E-state index in [4.69, 9.17) is 0 Å². The van der Waals surface area contributed by atoms with E-state index >= 15 is 0 Å². The van der Waals surface area contributed by atoms with Gasteiger partial charge in [-0.05, 0) is 55.5 Å². The van der Waals surface area contributed by atoms with Gasteiger partial charge in [0, 0.05) is 29.9 Å². The third kappa shape index (κ3) is 3.68. The van der Waals surface area contributed by atoms with Crippen LogP contribution in [0.1, 0.15) is 12.2 Å². The Morgan fingerprint density at radius 3 is 2.72 bits per heavy atom. The van der Waals surface area contributed by atoms with E-state index in [2.05, 4.69) is 20.6 Å². The summed E-state index contributed by atoms with van der Waals surface area (Å²) in [4.78, 5) is 26.8. The van der Waals surface area contributed by atoms with Gasteiger partial charge in [-0.2, -0.15) is 9.61 Å². The number of aromatic nitrogens is 4. The number of hydrogen-bond donors (Lipinski definition) is 1. The van der Waals surface area contributed by atoms with E-state index in [1.807, 2.05) is 37.3 Å². The van der Waals surface area contributed by atoms with Crippen molar-refractivity contribution in [3.05, 3.63) is 72.3 Å². The van der Waals surface area contributed by atoms with Gasteiger partial charge < -0.3 is 10.2 Å². The lowest BCUT2D eigenvalue weighted by Crippen LogP contribution is -2.28. The van der Waals surface area contributed by atoms with Gasteiger partial charge in [-0.15, -0.1) is 10.2 Å². The second kappa shape index (κ2) is 7.84. The highest BCUT2D eigenvalue weighted by molar-refractivity contribution is 6.03. The molecule has 32 heavy (non-hydrogen) atoms. The first-order chi connectivity index (χ1) is 15.5.